The number of esters is 2. The number of fused-ring (bicyclic) bond motifs is 6. The lowest BCUT2D eigenvalue weighted by molar-refractivity contribution is -0.194. The molecule has 0 heterocycles. The van der Waals surface area contributed by atoms with E-state index in [0.29, 0.717) is 36.5 Å². The molecule has 0 radical (unpaired) electrons. The maximum absolute atomic E-state index is 13.3. The molecule has 0 aromatic heterocycles. The molecule has 0 aliphatic heterocycles. The average molecular weight is 807 g/mol. The predicted molar refractivity (Wildman–Crippen MR) is 223 cm³/mol. The molecule has 0 aromatic rings. The van der Waals surface area contributed by atoms with E-state index in [9.17, 15) is 29.4 Å². The van der Waals surface area contributed by atoms with Crippen molar-refractivity contribution in [2.24, 2.45) is 68.0 Å². The van der Waals surface area contributed by atoms with Gasteiger partial charge in [-0.05, 0) is 187 Å². The van der Waals surface area contributed by atoms with Crippen molar-refractivity contribution in [2.75, 3.05) is 0 Å². The van der Waals surface area contributed by atoms with Crippen LogP contribution in [0.1, 0.15) is 208 Å². The molecule has 4 bridgehead atoms. The second-order valence-corrected chi connectivity index (χ2v) is 23.5. The molecule has 0 unspecified atom stereocenters. The standard InChI is InChI=1S/C50H78O8/c1-33-29-47-25-17-35-43(3,21-13-23-45(35,5)41(53)54)37(47)19-27-49(33,31-47)57-39(51)15-11-9-7-8-10-12-16-40(52)58-50-28-20-38-44(4)22-14-24-46(6,42(55)56)36(44)18-26-48(38,32-50)30-34(50)2/h33-38H,7-32H2,1-6H3,(H,53,54)(H,55,56)/t33-,34-,35-,36-,37-,38-,43+,44+,45+,46+,47+,48+,49-,50-/m0/s1. The first-order valence-corrected chi connectivity index (χ1v) is 24.2. The molecule has 0 amide bonds. The summed E-state index contributed by atoms with van der Waals surface area (Å²) in [6, 6.07) is 0. The third-order valence-corrected chi connectivity index (χ3v) is 20.7. The molecule has 0 saturated heterocycles. The van der Waals surface area contributed by atoms with Gasteiger partial charge in [0.2, 0.25) is 0 Å². The number of carbonyl (C=O) groups is 4. The van der Waals surface area contributed by atoms with Crippen LogP contribution in [0.5, 0.6) is 0 Å². The second-order valence-electron chi connectivity index (χ2n) is 23.5. The van der Waals surface area contributed by atoms with Crippen molar-refractivity contribution in [1.82, 2.24) is 0 Å². The van der Waals surface area contributed by atoms with E-state index in [-0.39, 0.29) is 56.6 Å². The number of hydrogen-bond donors (Lipinski definition) is 2. The molecule has 58 heavy (non-hydrogen) atoms. The zero-order valence-corrected chi connectivity index (χ0v) is 37.2. The van der Waals surface area contributed by atoms with Crippen LogP contribution in [-0.2, 0) is 28.7 Å². The Morgan fingerprint density at radius 1 is 0.500 bits per heavy atom. The molecule has 8 aliphatic carbocycles. The maximum Gasteiger partial charge on any atom is 0.309 e. The van der Waals surface area contributed by atoms with Crippen molar-refractivity contribution < 1.29 is 38.9 Å². The third kappa shape index (κ3) is 6.45. The van der Waals surface area contributed by atoms with E-state index >= 15 is 0 Å². The third-order valence-electron chi connectivity index (χ3n) is 20.7. The van der Waals surface area contributed by atoms with Crippen molar-refractivity contribution in [3.63, 3.8) is 0 Å². The largest absolute Gasteiger partial charge is 0.481 e. The normalized spacial score (nSPS) is 48.8. The summed E-state index contributed by atoms with van der Waals surface area (Å²) < 4.78 is 13.0. The summed E-state index contributed by atoms with van der Waals surface area (Å²) in [5, 5.41) is 20.6. The first-order valence-electron chi connectivity index (χ1n) is 24.2. The van der Waals surface area contributed by atoms with E-state index in [0.717, 1.165) is 154 Å². The Bertz CT molecular complexity index is 1520. The van der Waals surface area contributed by atoms with E-state index in [1.807, 2.05) is 13.8 Å². The van der Waals surface area contributed by atoms with E-state index in [4.69, 9.17) is 9.47 Å². The second kappa shape index (κ2) is 14.8. The summed E-state index contributed by atoms with van der Waals surface area (Å²) >= 11 is 0. The number of carboxylic acid groups (broad SMARTS) is 2. The number of hydrogen-bond acceptors (Lipinski definition) is 6. The highest BCUT2D eigenvalue weighted by Gasteiger charge is 2.71. The predicted octanol–water partition coefficient (Wildman–Crippen LogP) is 11.7. The minimum Gasteiger partial charge on any atom is -0.481 e. The fraction of sp³-hybridized carbons (Fsp3) is 0.920. The molecular weight excluding hydrogens is 729 g/mol. The van der Waals surface area contributed by atoms with Crippen LogP contribution in [0.3, 0.4) is 0 Å². The zero-order valence-electron chi connectivity index (χ0n) is 37.2. The first kappa shape index (κ1) is 42.6. The van der Waals surface area contributed by atoms with E-state index in [2.05, 4.69) is 27.7 Å². The Balaban J connectivity index is 0.748. The van der Waals surface area contributed by atoms with Gasteiger partial charge in [-0.1, -0.05) is 66.2 Å². The van der Waals surface area contributed by atoms with Gasteiger partial charge in [0.15, 0.2) is 0 Å². The topological polar surface area (TPSA) is 127 Å². The van der Waals surface area contributed by atoms with Crippen LogP contribution in [0.15, 0.2) is 0 Å². The molecule has 2 N–H and O–H groups in total. The number of aliphatic carboxylic acids is 2. The highest BCUT2D eigenvalue weighted by Crippen LogP contribution is 2.75. The highest BCUT2D eigenvalue weighted by atomic mass is 16.6. The van der Waals surface area contributed by atoms with Crippen molar-refractivity contribution in [1.29, 1.82) is 0 Å². The number of carbonyl (C=O) groups excluding carboxylic acids is 2. The number of unbranched alkanes of at least 4 members (excludes halogenated alkanes) is 5. The van der Waals surface area contributed by atoms with Gasteiger partial charge in [-0.2, -0.15) is 0 Å². The summed E-state index contributed by atoms with van der Waals surface area (Å²) in [5.41, 5.74) is -1.54. The Morgan fingerprint density at radius 2 is 0.862 bits per heavy atom. The number of carboxylic acids is 2. The van der Waals surface area contributed by atoms with E-state index < -0.39 is 22.8 Å². The minimum atomic E-state index is -0.630. The van der Waals surface area contributed by atoms with Gasteiger partial charge >= 0.3 is 23.9 Å². The Labute approximate surface area is 349 Å². The summed E-state index contributed by atoms with van der Waals surface area (Å²) in [7, 11) is 0. The van der Waals surface area contributed by atoms with Crippen molar-refractivity contribution in [3.8, 4) is 0 Å². The van der Waals surface area contributed by atoms with Crippen LogP contribution >= 0.6 is 0 Å². The molecule has 8 heteroatoms. The van der Waals surface area contributed by atoms with Gasteiger partial charge < -0.3 is 19.7 Å². The molecule has 0 aromatic carbocycles. The van der Waals surface area contributed by atoms with Crippen LogP contribution in [0.2, 0.25) is 0 Å². The summed E-state index contributed by atoms with van der Waals surface area (Å²) in [6.07, 6.45) is 24.6. The van der Waals surface area contributed by atoms with Gasteiger partial charge in [0.05, 0.1) is 10.8 Å². The Kier molecular flexibility index (Phi) is 10.8. The smallest absolute Gasteiger partial charge is 0.309 e. The molecule has 8 nitrogen and oxygen atoms in total. The van der Waals surface area contributed by atoms with Gasteiger partial charge in [-0.15, -0.1) is 0 Å². The van der Waals surface area contributed by atoms with E-state index in [1.165, 1.54) is 0 Å². The first-order chi connectivity index (χ1) is 27.3. The summed E-state index contributed by atoms with van der Waals surface area (Å²) in [5.74, 6) is 0.836. The fourth-order valence-electron chi connectivity index (χ4n) is 18.2. The lowest BCUT2D eigenvalue weighted by atomic mass is 9.41. The zero-order chi connectivity index (χ0) is 41.6. The van der Waals surface area contributed by atoms with Crippen LogP contribution < -0.4 is 0 Å². The lowest BCUT2D eigenvalue weighted by Gasteiger charge is -2.63. The van der Waals surface area contributed by atoms with E-state index in [1.54, 1.807) is 0 Å². The molecule has 14 atom stereocenters. The number of ether oxygens (including phenoxy) is 2. The monoisotopic (exact) mass is 807 g/mol. The molecule has 8 fully saturated rings. The fourth-order valence-corrected chi connectivity index (χ4v) is 18.2. The van der Waals surface area contributed by atoms with Crippen molar-refractivity contribution >= 4 is 23.9 Å². The van der Waals surface area contributed by atoms with Crippen LogP contribution in [0.4, 0.5) is 0 Å². The van der Waals surface area contributed by atoms with Crippen molar-refractivity contribution in [3.05, 3.63) is 0 Å². The van der Waals surface area contributed by atoms with Gasteiger partial charge in [-0.25, -0.2) is 0 Å². The SMILES string of the molecule is C[C@H]1C[C@@]23CC[C@H]4[C@@](C)(CCC[C@@]4(C)C(=O)O)[C@@H]2CC[C@]1(OC(=O)CCCCCCCCC(=O)O[C@]12CC[C@@H]4[C@](CC[C@H]5[C@@]4(C)CCC[C@@]5(C)C(=O)O)(C[C@@H]1C)C2)C3. The Hall–Kier alpha value is -2.12. The highest BCUT2D eigenvalue weighted by molar-refractivity contribution is 5.75. The molecule has 326 valence electrons. The van der Waals surface area contributed by atoms with Crippen molar-refractivity contribution in [2.45, 2.75) is 220 Å². The molecule has 8 rings (SSSR count). The van der Waals surface area contributed by atoms with Gasteiger partial charge in [0, 0.05) is 12.8 Å². The number of rotatable bonds is 13. The van der Waals surface area contributed by atoms with Crippen LogP contribution in [0.25, 0.3) is 0 Å². The summed E-state index contributed by atoms with van der Waals surface area (Å²) in [4.78, 5) is 51.7. The summed E-state index contributed by atoms with van der Waals surface area (Å²) in [6.45, 7) is 13.4. The average Bonchev–Trinajstić information content (AvgIpc) is 3.47. The molecule has 2 spiro atoms. The van der Waals surface area contributed by atoms with Gasteiger partial charge in [0.1, 0.15) is 11.2 Å². The van der Waals surface area contributed by atoms with Crippen LogP contribution in [0, 0.1) is 68.0 Å². The van der Waals surface area contributed by atoms with Gasteiger partial charge in [-0.3, -0.25) is 19.2 Å². The Morgan fingerprint density at radius 3 is 1.24 bits per heavy atom. The van der Waals surface area contributed by atoms with Crippen LogP contribution in [-0.4, -0.2) is 45.3 Å². The molecular formula is C50H78O8. The minimum absolute atomic E-state index is 0.0444. The molecule has 8 saturated carbocycles. The maximum atomic E-state index is 13.3. The molecule has 8 aliphatic rings. The lowest BCUT2D eigenvalue weighted by Crippen LogP contribution is -2.59. The quantitative estimate of drug-likeness (QED) is 0.139. The van der Waals surface area contributed by atoms with Gasteiger partial charge in [0.25, 0.3) is 0 Å².